The van der Waals surface area contributed by atoms with Crippen molar-refractivity contribution in [3.8, 4) is 0 Å². The Morgan fingerprint density at radius 2 is 2.23 bits per heavy atom. The fourth-order valence-corrected chi connectivity index (χ4v) is 0.783. The first-order chi connectivity index (χ1) is 5.66. The fourth-order valence-electron chi connectivity index (χ4n) is 0.783. The predicted octanol–water partition coefficient (Wildman–Crippen LogP) is -2.91. The van der Waals surface area contributed by atoms with Crippen molar-refractivity contribution in [1.29, 1.82) is 0 Å². The third-order valence-electron chi connectivity index (χ3n) is 1.31. The number of hydrogen-bond donors (Lipinski definition) is 0. The third kappa shape index (κ3) is 2.72. The first kappa shape index (κ1) is 12.5. The Morgan fingerprint density at radius 3 is 2.62 bits per heavy atom. The zero-order chi connectivity index (χ0) is 9.14. The van der Waals surface area contributed by atoms with Crippen LogP contribution >= 0.6 is 0 Å². The van der Waals surface area contributed by atoms with Crippen LogP contribution < -0.4 is 40.3 Å². The molecule has 0 N–H and O–H groups in total. The van der Waals surface area contributed by atoms with Crippen LogP contribution in [0.3, 0.4) is 0 Å². The minimum Gasteiger partial charge on any atom is -0.527 e. The van der Waals surface area contributed by atoms with Crippen LogP contribution in [0.2, 0.25) is 0 Å². The van der Waals surface area contributed by atoms with Crippen molar-refractivity contribution in [3.63, 3.8) is 0 Å². The molecule has 0 fully saturated rings. The van der Waals surface area contributed by atoms with Crippen LogP contribution in [0.25, 0.3) is 0 Å². The van der Waals surface area contributed by atoms with Crippen LogP contribution in [0.1, 0.15) is 23.0 Å². The van der Waals surface area contributed by atoms with Crippen molar-refractivity contribution in [1.82, 2.24) is 5.16 Å². The van der Waals surface area contributed by atoms with Gasteiger partial charge in [-0.3, -0.25) is 0 Å². The van der Waals surface area contributed by atoms with Crippen LogP contribution in [0.15, 0.2) is 9.32 Å². The van der Waals surface area contributed by atoms with E-state index in [-0.39, 0.29) is 47.4 Å². The molecule has 0 radical (unpaired) electrons. The van der Waals surface area contributed by atoms with E-state index >= 15 is 0 Å². The van der Waals surface area contributed by atoms with Crippen LogP contribution in [-0.2, 0) is 4.74 Å². The maximum atomic E-state index is 11.0. The molecule has 0 bridgehead atoms. The third-order valence-corrected chi connectivity index (χ3v) is 1.31. The summed E-state index contributed by atoms with van der Waals surface area (Å²) in [4.78, 5) is 21.9. The number of esters is 1. The molecular formula is C7H8NNaO4. The van der Waals surface area contributed by atoms with Crippen molar-refractivity contribution >= 4 is 5.97 Å². The molecule has 1 rings (SSSR count). The number of ether oxygens (including phenoxy) is 1. The molecule has 66 valence electrons. The predicted molar refractivity (Wildman–Crippen MR) is 39.0 cm³/mol. The maximum Gasteiger partial charge on any atom is 1.00 e. The van der Waals surface area contributed by atoms with E-state index in [1.165, 1.54) is 6.92 Å². The zero-order valence-electron chi connectivity index (χ0n) is 7.79. The molecule has 0 aliphatic carbocycles. The topological polar surface area (TPSA) is 70.6 Å². The normalized spacial score (nSPS) is 9.08. The number of nitrogens with zero attached hydrogens (tertiary/aromatic N) is 1. The first-order valence-corrected chi connectivity index (χ1v) is 3.47. The average molecular weight is 193 g/mol. The monoisotopic (exact) mass is 193 g/mol. The summed E-state index contributed by atoms with van der Waals surface area (Å²) in [7, 11) is 0. The number of carbonyl (C=O) groups excluding carboxylic acids is 1. The maximum absolute atomic E-state index is 11.0. The fraction of sp³-hybridized carbons (Fsp3) is 0.429. The van der Waals surface area contributed by atoms with E-state index in [4.69, 9.17) is 0 Å². The summed E-state index contributed by atoms with van der Waals surface area (Å²) in [5.74, 6) is -0.679. The van der Waals surface area contributed by atoms with E-state index in [1.807, 2.05) is 0 Å². The summed E-state index contributed by atoms with van der Waals surface area (Å²) >= 11 is 0. The van der Waals surface area contributed by atoms with Crippen molar-refractivity contribution in [2.24, 2.45) is 0 Å². The van der Waals surface area contributed by atoms with Gasteiger partial charge in [-0.1, -0.05) is 6.92 Å². The Labute approximate surface area is 96.7 Å². The summed E-state index contributed by atoms with van der Waals surface area (Å²) in [5.41, 5.74) is -0.596. The quantitative estimate of drug-likeness (QED) is 0.372. The average Bonchev–Trinajstić information content (AvgIpc) is 2.32. The summed E-state index contributed by atoms with van der Waals surface area (Å²) < 4.78 is 8.87. The van der Waals surface area contributed by atoms with Gasteiger partial charge in [0.15, 0.2) is 0 Å². The second-order valence-corrected chi connectivity index (χ2v) is 2.15. The van der Waals surface area contributed by atoms with Gasteiger partial charge in [0.25, 0.3) is 0 Å². The molecule has 0 amide bonds. The Balaban J connectivity index is 0.00000144. The van der Waals surface area contributed by atoms with Gasteiger partial charge in [-0.25, -0.2) is 9.59 Å². The van der Waals surface area contributed by atoms with E-state index in [0.717, 1.165) is 0 Å². The number of rotatable bonds is 2. The minimum atomic E-state index is -0.744. The van der Waals surface area contributed by atoms with Gasteiger partial charge in [0.1, 0.15) is 5.56 Å². The molecule has 0 spiro atoms. The number of hydrogen-bond acceptors (Lipinski definition) is 4. The summed E-state index contributed by atoms with van der Waals surface area (Å²) in [5, 5.41) is 3.33. The number of aryl methyl sites for hydroxylation is 1. The minimum absolute atomic E-state index is 0. The molecule has 0 aliphatic rings. The van der Waals surface area contributed by atoms with Crippen LogP contribution in [-0.4, -0.2) is 12.6 Å². The molecule has 1 aromatic heterocycles. The van der Waals surface area contributed by atoms with Crippen LogP contribution in [0.4, 0.5) is 0 Å². The molecule has 0 aromatic carbocycles. The van der Waals surface area contributed by atoms with Crippen LogP contribution in [0, 0.1) is 6.92 Å². The van der Waals surface area contributed by atoms with E-state index < -0.39 is 11.6 Å². The molecule has 5 nitrogen and oxygen atoms in total. The van der Waals surface area contributed by atoms with Crippen molar-refractivity contribution in [2.45, 2.75) is 13.8 Å². The standard InChI is InChI=1S/C7H9NO4.Na/c1-3-11-6(9)5-4(2)8-12-7(5)10;/h3H2,1-2H3,(H,8,9,10);/q;+1/p-1. The molecule has 0 saturated carbocycles. The van der Waals surface area contributed by atoms with Gasteiger partial charge >= 0.3 is 41.2 Å². The van der Waals surface area contributed by atoms with Gasteiger partial charge in [-0.05, 0) is 6.92 Å². The molecular weight excluding hydrogens is 185 g/mol. The van der Waals surface area contributed by atoms with Crippen molar-refractivity contribution in [2.75, 3.05) is 6.61 Å². The van der Waals surface area contributed by atoms with Gasteiger partial charge < -0.3 is 14.4 Å². The van der Waals surface area contributed by atoms with Crippen molar-refractivity contribution < 1.29 is 43.6 Å². The van der Waals surface area contributed by atoms with E-state index in [2.05, 4.69) is 14.4 Å². The molecule has 0 unspecified atom stereocenters. The van der Waals surface area contributed by atoms with Gasteiger partial charge in [-0.2, -0.15) is 0 Å². The van der Waals surface area contributed by atoms with Gasteiger partial charge in [0, 0.05) is 0 Å². The van der Waals surface area contributed by atoms with Gasteiger partial charge in [-0.15, -0.1) is 5.69 Å². The van der Waals surface area contributed by atoms with Crippen molar-refractivity contribution in [3.05, 3.63) is 21.7 Å². The van der Waals surface area contributed by atoms with Gasteiger partial charge in [0.05, 0.1) is 6.61 Å². The largest absolute Gasteiger partial charge is 1.00 e. The van der Waals surface area contributed by atoms with E-state index in [1.54, 1.807) is 6.92 Å². The first-order valence-electron chi connectivity index (χ1n) is 3.47. The number of carbonyl (C=O) groups is 1. The van der Waals surface area contributed by atoms with Crippen LogP contribution in [0.5, 0.6) is 0 Å². The Morgan fingerprint density at radius 1 is 1.62 bits per heavy atom. The molecule has 6 heteroatoms. The van der Waals surface area contributed by atoms with E-state index in [0.29, 0.717) is 0 Å². The molecule has 0 saturated heterocycles. The summed E-state index contributed by atoms with van der Waals surface area (Å²) in [6.45, 7) is 3.39. The number of aromatic nitrogens is 1. The molecule has 0 aliphatic heterocycles. The van der Waals surface area contributed by atoms with Gasteiger partial charge in [0.2, 0.25) is 0 Å². The summed E-state index contributed by atoms with van der Waals surface area (Å²) in [6, 6.07) is 0. The smallest absolute Gasteiger partial charge is 0.527 e. The Kier molecular flexibility index (Phi) is 5.05. The second kappa shape index (κ2) is 5.26. The SMILES string of the molecule is CCOC(=O)c1c(C)[n-]oc1=O.[Na+]. The summed E-state index contributed by atoms with van der Waals surface area (Å²) in [6.07, 6.45) is 0. The Hall–Kier alpha value is -0.520. The molecule has 0 atom stereocenters. The second-order valence-electron chi connectivity index (χ2n) is 2.15. The molecule has 1 heterocycles. The molecule has 1 aromatic rings. The zero-order valence-corrected chi connectivity index (χ0v) is 9.79. The Bertz CT molecular complexity index is 341. The van der Waals surface area contributed by atoms with E-state index in [9.17, 15) is 9.59 Å². The molecule has 13 heavy (non-hydrogen) atoms.